The van der Waals surface area contributed by atoms with Crippen LogP contribution in [0.4, 0.5) is 0 Å². The lowest BCUT2D eigenvalue weighted by molar-refractivity contribution is 0.0940. The number of hydrogen-bond acceptors (Lipinski definition) is 3. The first-order valence-corrected chi connectivity index (χ1v) is 7.81. The zero-order chi connectivity index (χ0) is 16.7. The molecule has 0 unspecified atom stereocenters. The van der Waals surface area contributed by atoms with Crippen LogP contribution in [0, 0.1) is 0 Å². The quantitative estimate of drug-likeness (QED) is 0.841. The molecule has 1 atom stereocenters. The average Bonchev–Trinajstić information content (AvgIpc) is 2.60. The highest BCUT2D eigenvalue weighted by molar-refractivity contribution is 5.94. The summed E-state index contributed by atoms with van der Waals surface area (Å²) in [7, 11) is 1.63. The van der Waals surface area contributed by atoms with E-state index in [0.29, 0.717) is 12.2 Å². The molecule has 0 fully saturated rings. The van der Waals surface area contributed by atoms with Gasteiger partial charge in [0.15, 0.2) is 0 Å². The maximum Gasteiger partial charge on any atom is 0.251 e. The van der Waals surface area contributed by atoms with Gasteiger partial charge < -0.3 is 14.8 Å². The molecule has 1 amide bonds. The molecule has 2 aromatic carbocycles. The van der Waals surface area contributed by atoms with Crippen molar-refractivity contribution in [3.63, 3.8) is 0 Å². The van der Waals surface area contributed by atoms with Crippen molar-refractivity contribution in [2.45, 2.75) is 26.3 Å². The molecule has 0 spiro atoms. The lowest BCUT2D eigenvalue weighted by atomic mass is 10.1. The molecular formula is C19H23NO3. The van der Waals surface area contributed by atoms with Crippen molar-refractivity contribution < 1.29 is 14.3 Å². The molecule has 122 valence electrons. The molecule has 23 heavy (non-hydrogen) atoms. The van der Waals surface area contributed by atoms with Gasteiger partial charge in [-0.3, -0.25) is 4.79 Å². The van der Waals surface area contributed by atoms with Crippen molar-refractivity contribution in [2.24, 2.45) is 0 Å². The predicted octanol–water partition coefficient (Wildman–Crippen LogP) is 3.98. The number of benzene rings is 2. The highest BCUT2D eigenvalue weighted by Crippen LogP contribution is 2.18. The fourth-order valence-electron chi connectivity index (χ4n) is 2.18. The third-order valence-electron chi connectivity index (χ3n) is 3.55. The molecule has 2 rings (SSSR count). The molecule has 0 heterocycles. The minimum Gasteiger partial charge on any atom is -0.497 e. The van der Waals surface area contributed by atoms with E-state index in [2.05, 4.69) is 12.2 Å². The second-order valence-electron chi connectivity index (χ2n) is 5.34. The summed E-state index contributed by atoms with van der Waals surface area (Å²) in [4.78, 5) is 12.3. The number of hydrogen-bond donors (Lipinski definition) is 1. The molecule has 4 nitrogen and oxygen atoms in total. The fraction of sp³-hybridized carbons (Fsp3) is 0.316. The smallest absolute Gasteiger partial charge is 0.251 e. The number of methoxy groups -OCH3 is 1. The highest BCUT2D eigenvalue weighted by atomic mass is 16.5. The van der Waals surface area contributed by atoms with E-state index in [1.54, 1.807) is 19.2 Å². The van der Waals surface area contributed by atoms with E-state index in [1.807, 2.05) is 43.3 Å². The molecular weight excluding hydrogens is 290 g/mol. The lowest BCUT2D eigenvalue weighted by Gasteiger charge is -2.15. The highest BCUT2D eigenvalue weighted by Gasteiger charge is 2.11. The van der Waals surface area contributed by atoms with Gasteiger partial charge in [-0.2, -0.15) is 0 Å². The van der Waals surface area contributed by atoms with Gasteiger partial charge in [-0.15, -0.1) is 0 Å². The number of ether oxygens (including phenoxy) is 2. The monoisotopic (exact) mass is 313 g/mol. The molecule has 0 saturated carbocycles. The van der Waals surface area contributed by atoms with Gasteiger partial charge in [-0.1, -0.05) is 19.1 Å². The Morgan fingerprint density at radius 3 is 2.22 bits per heavy atom. The van der Waals surface area contributed by atoms with E-state index in [4.69, 9.17) is 9.47 Å². The van der Waals surface area contributed by atoms with Gasteiger partial charge in [0, 0.05) is 5.56 Å². The van der Waals surface area contributed by atoms with E-state index in [9.17, 15) is 4.79 Å². The van der Waals surface area contributed by atoms with Crippen LogP contribution in [0.15, 0.2) is 48.5 Å². The summed E-state index contributed by atoms with van der Waals surface area (Å²) in [5.41, 5.74) is 1.65. The molecule has 0 radical (unpaired) electrons. The van der Waals surface area contributed by atoms with Gasteiger partial charge in [-0.05, 0) is 55.3 Å². The Morgan fingerprint density at radius 2 is 1.65 bits per heavy atom. The van der Waals surface area contributed by atoms with E-state index in [0.717, 1.165) is 23.5 Å². The summed E-state index contributed by atoms with van der Waals surface area (Å²) in [5, 5.41) is 2.99. The minimum atomic E-state index is -0.102. The van der Waals surface area contributed by atoms with Crippen LogP contribution in [0.1, 0.15) is 42.2 Å². The Balaban J connectivity index is 1.97. The molecule has 0 bridgehead atoms. The van der Waals surface area contributed by atoms with E-state index in [1.165, 1.54) is 0 Å². The molecule has 4 heteroatoms. The average molecular weight is 313 g/mol. The number of amides is 1. The number of rotatable bonds is 7. The molecule has 0 aliphatic rings. The van der Waals surface area contributed by atoms with Crippen LogP contribution in [0.2, 0.25) is 0 Å². The Kier molecular flexibility index (Phi) is 6.03. The zero-order valence-electron chi connectivity index (χ0n) is 13.8. The molecule has 0 saturated heterocycles. The van der Waals surface area contributed by atoms with E-state index in [-0.39, 0.29) is 11.9 Å². The Bertz CT molecular complexity index is 620. The van der Waals surface area contributed by atoms with Crippen molar-refractivity contribution in [1.82, 2.24) is 5.32 Å². The first-order valence-electron chi connectivity index (χ1n) is 7.81. The summed E-state index contributed by atoms with van der Waals surface area (Å²) >= 11 is 0. The van der Waals surface area contributed by atoms with Crippen molar-refractivity contribution in [2.75, 3.05) is 13.7 Å². The first-order chi connectivity index (χ1) is 11.1. The fourth-order valence-corrected chi connectivity index (χ4v) is 2.18. The maximum absolute atomic E-state index is 12.3. The SMILES string of the molecule is CCCOc1ccc(C(=O)N[C@H](C)c2ccc(OC)cc2)cc1. The van der Waals surface area contributed by atoms with Crippen LogP contribution in [0.25, 0.3) is 0 Å². The largest absolute Gasteiger partial charge is 0.497 e. The number of carbonyl (C=O) groups is 1. The van der Waals surface area contributed by atoms with Crippen molar-refractivity contribution in [1.29, 1.82) is 0 Å². The zero-order valence-corrected chi connectivity index (χ0v) is 13.8. The van der Waals surface area contributed by atoms with Gasteiger partial charge in [-0.25, -0.2) is 0 Å². The van der Waals surface area contributed by atoms with Crippen LogP contribution in [0.3, 0.4) is 0 Å². The summed E-state index contributed by atoms with van der Waals surface area (Å²) in [6.07, 6.45) is 0.960. The second-order valence-corrected chi connectivity index (χ2v) is 5.34. The molecule has 1 N–H and O–H groups in total. The number of nitrogens with one attached hydrogen (secondary N) is 1. The lowest BCUT2D eigenvalue weighted by Crippen LogP contribution is -2.26. The van der Waals surface area contributed by atoms with E-state index < -0.39 is 0 Å². The third-order valence-corrected chi connectivity index (χ3v) is 3.55. The Hall–Kier alpha value is -2.49. The normalized spacial score (nSPS) is 11.6. The van der Waals surface area contributed by atoms with Gasteiger partial charge in [0.25, 0.3) is 5.91 Å². The van der Waals surface area contributed by atoms with Gasteiger partial charge in [0.2, 0.25) is 0 Å². The van der Waals surface area contributed by atoms with Crippen LogP contribution >= 0.6 is 0 Å². The number of carbonyl (C=O) groups excluding carboxylic acids is 1. The van der Waals surface area contributed by atoms with Gasteiger partial charge in [0.05, 0.1) is 19.8 Å². The van der Waals surface area contributed by atoms with Crippen molar-refractivity contribution in [3.05, 3.63) is 59.7 Å². The first kappa shape index (κ1) is 16.9. The molecule has 0 aliphatic heterocycles. The van der Waals surface area contributed by atoms with Crippen LogP contribution in [0.5, 0.6) is 11.5 Å². The topological polar surface area (TPSA) is 47.6 Å². The molecule has 2 aromatic rings. The predicted molar refractivity (Wildman–Crippen MR) is 91.1 cm³/mol. The van der Waals surface area contributed by atoms with Crippen LogP contribution < -0.4 is 14.8 Å². The summed E-state index contributed by atoms with van der Waals surface area (Å²) in [6, 6.07) is 14.8. The molecule has 0 aromatic heterocycles. The van der Waals surface area contributed by atoms with Crippen molar-refractivity contribution in [3.8, 4) is 11.5 Å². The summed E-state index contributed by atoms with van der Waals surface area (Å²) < 4.78 is 10.7. The Morgan fingerprint density at radius 1 is 1.04 bits per heavy atom. The van der Waals surface area contributed by atoms with Gasteiger partial charge in [0.1, 0.15) is 11.5 Å². The van der Waals surface area contributed by atoms with Gasteiger partial charge >= 0.3 is 0 Å². The summed E-state index contributed by atoms with van der Waals surface area (Å²) in [5.74, 6) is 1.48. The molecule has 0 aliphatic carbocycles. The Labute approximate surface area is 137 Å². The summed E-state index contributed by atoms with van der Waals surface area (Å²) in [6.45, 7) is 4.70. The maximum atomic E-state index is 12.3. The third kappa shape index (κ3) is 4.74. The standard InChI is InChI=1S/C19H23NO3/c1-4-13-23-18-11-7-16(8-12-18)19(21)20-14(2)15-5-9-17(22-3)10-6-15/h5-12,14H,4,13H2,1-3H3,(H,20,21)/t14-/m1/s1. The second kappa shape index (κ2) is 8.22. The van der Waals surface area contributed by atoms with E-state index >= 15 is 0 Å². The minimum absolute atomic E-state index is 0.0792. The van der Waals surface area contributed by atoms with Crippen LogP contribution in [-0.2, 0) is 0 Å². The van der Waals surface area contributed by atoms with Crippen LogP contribution in [-0.4, -0.2) is 19.6 Å². The van der Waals surface area contributed by atoms with Crippen molar-refractivity contribution >= 4 is 5.91 Å².